The van der Waals surface area contributed by atoms with Crippen molar-refractivity contribution in [3.63, 3.8) is 0 Å². The van der Waals surface area contributed by atoms with E-state index in [1.807, 2.05) is 30.3 Å². The Morgan fingerprint density at radius 2 is 1.92 bits per heavy atom. The standard InChI is InChI=1S/C10H13NO/c11-9-6-7-10(9)12-8-4-2-1-3-5-8/h1-5,9-10H,6-7,11H2. The molecule has 1 saturated carbocycles. The summed E-state index contributed by atoms with van der Waals surface area (Å²) >= 11 is 0. The number of para-hydroxylation sites is 1. The topological polar surface area (TPSA) is 35.2 Å². The molecule has 0 heterocycles. The summed E-state index contributed by atoms with van der Waals surface area (Å²) in [5, 5.41) is 0. The second-order valence-electron chi connectivity index (χ2n) is 3.21. The molecule has 0 bridgehead atoms. The highest BCUT2D eigenvalue weighted by molar-refractivity contribution is 5.21. The highest BCUT2D eigenvalue weighted by Gasteiger charge is 2.28. The fourth-order valence-electron chi connectivity index (χ4n) is 1.32. The van der Waals surface area contributed by atoms with Crippen molar-refractivity contribution in [2.45, 2.75) is 25.0 Å². The van der Waals surface area contributed by atoms with E-state index in [-0.39, 0.29) is 12.1 Å². The lowest BCUT2D eigenvalue weighted by atomic mass is 9.90. The second kappa shape index (κ2) is 3.15. The monoisotopic (exact) mass is 163 g/mol. The van der Waals surface area contributed by atoms with Crippen LogP contribution < -0.4 is 10.5 Å². The molecule has 2 heteroatoms. The summed E-state index contributed by atoms with van der Waals surface area (Å²) in [5.74, 6) is 0.928. The van der Waals surface area contributed by atoms with Crippen LogP contribution in [0.4, 0.5) is 0 Å². The van der Waals surface area contributed by atoms with Crippen LogP contribution in [0.5, 0.6) is 5.75 Å². The highest BCUT2D eigenvalue weighted by atomic mass is 16.5. The van der Waals surface area contributed by atoms with Crippen molar-refractivity contribution in [1.29, 1.82) is 0 Å². The number of benzene rings is 1. The van der Waals surface area contributed by atoms with Crippen molar-refractivity contribution in [1.82, 2.24) is 0 Å². The molecule has 0 amide bonds. The molecule has 2 rings (SSSR count). The van der Waals surface area contributed by atoms with Crippen molar-refractivity contribution < 1.29 is 4.74 Å². The van der Waals surface area contributed by atoms with Crippen LogP contribution in [0.1, 0.15) is 12.8 Å². The molecule has 2 N–H and O–H groups in total. The Balaban J connectivity index is 1.95. The van der Waals surface area contributed by atoms with Gasteiger partial charge in [-0.2, -0.15) is 0 Å². The minimum atomic E-state index is 0.241. The first-order chi connectivity index (χ1) is 5.86. The molecule has 1 fully saturated rings. The number of ether oxygens (including phenoxy) is 1. The molecule has 0 aliphatic heterocycles. The molecule has 0 spiro atoms. The van der Waals surface area contributed by atoms with E-state index in [2.05, 4.69) is 0 Å². The number of hydrogen-bond donors (Lipinski definition) is 1. The van der Waals surface area contributed by atoms with E-state index in [4.69, 9.17) is 10.5 Å². The van der Waals surface area contributed by atoms with E-state index in [0.29, 0.717) is 0 Å². The zero-order valence-electron chi connectivity index (χ0n) is 6.94. The third kappa shape index (κ3) is 1.43. The van der Waals surface area contributed by atoms with Gasteiger partial charge in [0.1, 0.15) is 11.9 Å². The van der Waals surface area contributed by atoms with Gasteiger partial charge in [-0.1, -0.05) is 18.2 Å². The maximum absolute atomic E-state index is 5.75. The Labute approximate surface area is 72.3 Å². The molecule has 0 saturated heterocycles. The molecule has 1 aromatic rings. The van der Waals surface area contributed by atoms with E-state index in [0.717, 1.165) is 18.6 Å². The lowest BCUT2D eigenvalue weighted by molar-refractivity contribution is 0.0932. The fourth-order valence-corrected chi connectivity index (χ4v) is 1.32. The van der Waals surface area contributed by atoms with E-state index in [9.17, 15) is 0 Å². The Hall–Kier alpha value is -1.02. The van der Waals surface area contributed by atoms with E-state index in [1.165, 1.54) is 0 Å². The normalized spacial score (nSPS) is 27.8. The molecule has 0 radical (unpaired) electrons. The van der Waals surface area contributed by atoms with Crippen LogP contribution in [0.2, 0.25) is 0 Å². The van der Waals surface area contributed by atoms with Gasteiger partial charge in [0.25, 0.3) is 0 Å². The third-order valence-electron chi connectivity index (χ3n) is 2.29. The maximum atomic E-state index is 5.75. The Kier molecular flexibility index (Phi) is 2.00. The summed E-state index contributed by atoms with van der Waals surface area (Å²) < 4.78 is 5.64. The zero-order chi connectivity index (χ0) is 8.39. The minimum Gasteiger partial charge on any atom is -0.489 e. The average molecular weight is 163 g/mol. The molecule has 2 unspecified atom stereocenters. The first kappa shape index (κ1) is 7.62. The van der Waals surface area contributed by atoms with Gasteiger partial charge < -0.3 is 10.5 Å². The van der Waals surface area contributed by atoms with Gasteiger partial charge in [0, 0.05) is 6.04 Å². The van der Waals surface area contributed by atoms with Crippen molar-refractivity contribution in [2.75, 3.05) is 0 Å². The van der Waals surface area contributed by atoms with Gasteiger partial charge >= 0.3 is 0 Å². The highest BCUT2D eigenvalue weighted by Crippen LogP contribution is 2.23. The number of nitrogens with two attached hydrogens (primary N) is 1. The van der Waals surface area contributed by atoms with Gasteiger partial charge in [-0.3, -0.25) is 0 Å². The predicted molar refractivity (Wildman–Crippen MR) is 48.1 cm³/mol. The SMILES string of the molecule is NC1CCC1Oc1ccccc1. The lowest BCUT2D eigenvalue weighted by Gasteiger charge is -2.33. The van der Waals surface area contributed by atoms with Crippen LogP contribution in [0.3, 0.4) is 0 Å². The van der Waals surface area contributed by atoms with Crippen molar-refractivity contribution in [2.24, 2.45) is 5.73 Å². The number of rotatable bonds is 2. The van der Waals surface area contributed by atoms with E-state index < -0.39 is 0 Å². The van der Waals surface area contributed by atoms with Crippen molar-refractivity contribution in [3.8, 4) is 5.75 Å². The molecule has 1 aliphatic carbocycles. The van der Waals surface area contributed by atoms with E-state index in [1.54, 1.807) is 0 Å². The summed E-state index contributed by atoms with van der Waals surface area (Å²) in [7, 11) is 0. The Morgan fingerprint density at radius 3 is 2.42 bits per heavy atom. The maximum Gasteiger partial charge on any atom is 0.119 e. The average Bonchev–Trinajstić information content (AvgIpc) is 2.14. The quantitative estimate of drug-likeness (QED) is 0.718. The Bertz CT molecular complexity index is 247. The van der Waals surface area contributed by atoms with Gasteiger partial charge in [0.2, 0.25) is 0 Å². The van der Waals surface area contributed by atoms with Gasteiger partial charge in [-0.15, -0.1) is 0 Å². The molecule has 0 aromatic heterocycles. The summed E-state index contributed by atoms with van der Waals surface area (Å²) in [5.41, 5.74) is 5.75. The Morgan fingerprint density at radius 1 is 1.17 bits per heavy atom. The summed E-state index contributed by atoms with van der Waals surface area (Å²) in [4.78, 5) is 0. The summed E-state index contributed by atoms with van der Waals surface area (Å²) in [6, 6.07) is 10.1. The lowest BCUT2D eigenvalue weighted by Crippen LogP contribution is -2.47. The van der Waals surface area contributed by atoms with Crippen LogP contribution in [0.15, 0.2) is 30.3 Å². The first-order valence-electron chi connectivity index (χ1n) is 4.33. The van der Waals surface area contributed by atoms with Gasteiger partial charge in [0.05, 0.1) is 0 Å². The molecule has 1 aliphatic rings. The van der Waals surface area contributed by atoms with Crippen LogP contribution in [-0.2, 0) is 0 Å². The predicted octanol–water partition coefficient (Wildman–Crippen LogP) is 1.56. The second-order valence-corrected chi connectivity index (χ2v) is 3.21. The molecule has 1 aromatic carbocycles. The first-order valence-corrected chi connectivity index (χ1v) is 4.33. The smallest absolute Gasteiger partial charge is 0.119 e. The zero-order valence-corrected chi connectivity index (χ0v) is 6.94. The molecular weight excluding hydrogens is 150 g/mol. The molecule has 12 heavy (non-hydrogen) atoms. The van der Waals surface area contributed by atoms with Gasteiger partial charge in [0.15, 0.2) is 0 Å². The minimum absolute atomic E-state index is 0.241. The van der Waals surface area contributed by atoms with Crippen molar-refractivity contribution >= 4 is 0 Å². The summed E-state index contributed by atoms with van der Waals surface area (Å²) in [6.45, 7) is 0. The molecular formula is C10H13NO. The van der Waals surface area contributed by atoms with Crippen LogP contribution in [-0.4, -0.2) is 12.1 Å². The molecule has 2 nitrogen and oxygen atoms in total. The fraction of sp³-hybridized carbons (Fsp3) is 0.400. The van der Waals surface area contributed by atoms with E-state index >= 15 is 0 Å². The van der Waals surface area contributed by atoms with Gasteiger partial charge in [-0.25, -0.2) is 0 Å². The largest absolute Gasteiger partial charge is 0.489 e. The molecule has 64 valence electrons. The van der Waals surface area contributed by atoms with Crippen molar-refractivity contribution in [3.05, 3.63) is 30.3 Å². The van der Waals surface area contributed by atoms with Crippen LogP contribution in [0, 0.1) is 0 Å². The van der Waals surface area contributed by atoms with Crippen LogP contribution >= 0.6 is 0 Å². The number of hydrogen-bond acceptors (Lipinski definition) is 2. The summed E-state index contributed by atoms with van der Waals surface area (Å²) in [6.07, 6.45) is 2.43. The van der Waals surface area contributed by atoms with Crippen LogP contribution in [0.25, 0.3) is 0 Å². The molecule has 2 atom stereocenters. The third-order valence-corrected chi connectivity index (χ3v) is 2.29. The van der Waals surface area contributed by atoms with Gasteiger partial charge in [-0.05, 0) is 25.0 Å².